The van der Waals surface area contributed by atoms with E-state index in [4.69, 9.17) is 0 Å². The average molecular weight is 260 g/mol. The number of rotatable bonds is 6. The zero-order valence-electron chi connectivity index (χ0n) is 8.81. The second-order valence-corrected chi connectivity index (χ2v) is 4.45. The number of Topliss-reactive ketones (excluding diaryl/α,β-unsaturated/α-hetero) is 1. The second-order valence-electron chi connectivity index (χ2n) is 3.19. The van der Waals surface area contributed by atoms with Crippen LogP contribution in [0.1, 0.15) is 20.3 Å². The summed E-state index contributed by atoms with van der Waals surface area (Å²) in [6.45, 7) is 2.52. The Bertz CT molecular complexity index is 268. The van der Waals surface area contributed by atoms with Crippen LogP contribution in [-0.4, -0.2) is 29.0 Å². The Morgan fingerprint density at radius 2 is 1.81 bits per heavy atom. The molecule has 0 aromatic heterocycles. The van der Waals surface area contributed by atoms with Gasteiger partial charge in [0, 0.05) is 6.42 Å². The molecule has 94 valence electrons. The lowest BCUT2D eigenvalue weighted by Crippen LogP contribution is -2.40. The summed E-state index contributed by atoms with van der Waals surface area (Å²) in [6, 6.07) is 0. The minimum Gasteiger partial charge on any atom is -0.300 e. The van der Waals surface area contributed by atoms with Gasteiger partial charge in [-0.2, -0.15) is 8.78 Å². The standard InChI is InChI=1S/C9H12F4O2S/c1-3-16-7(15)6(4-5(2)14)9(12,13)8(10)11/h6,8H,3-4H2,1-2H3. The fourth-order valence-electron chi connectivity index (χ4n) is 1.06. The molecule has 1 atom stereocenters. The fraction of sp³-hybridized carbons (Fsp3) is 0.778. The Morgan fingerprint density at radius 1 is 1.31 bits per heavy atom. The van der Waals surface area contributed by atoms with Gasteiger partial charge in [0.05, 0.1) is 0 Å². The van der Waals surface area contributed by atoms with Crippen molar-refractivity contribution in [3.05, 3.63) is 0 Å². The smallest absolute Gasteiger partial charge is 0.300 e. The average Bonchev–Trinajstić information content (AvgIpc) is 2.13. The van der Waals surface area contributed by atoms with E-state index >= 15 is 0 Å². The van der Waals surface area contributed by atoms with Crippen LogP contribution in [0.25, 0.3) is 0 Å². The topological polar surface area (TPSA) is 34.1 Å². The third-order valence-corrected chi connectivity index (χ3v) is 2.68. The highest BCUT2D eigenvalue weighted by atomic mass is 32.2. The first-order valence-electron chi connectivity index (χ1n) is 4.55. The largest absolute Gasteiger partial charge is 0.318 e. The first kappa shape index (κ1) is 15.4. The number of carbonyl (C=O) groups excluding carboxylic acids is 2. The van der Waals surface area contributed by atoms with E-state index in [1.54, 1.807) is 0 Å². The molecule has 0 radical (unpaired) electrons. The summed E-state index contributed by atoms with van der Waals surface area (Å²) in [5.74, 6) is -7.21. The summed E-state index contributed by atoms with van der Waals surface area (Å²) in [7, 11) is 0. The van der Waals surface area contributed by atoms with Gasteiger partial charge >= 0.3 is 12.3 Å². The molecular weight excluding hydrogens is 248 g/mol. The molecule has 0 amide bonds. The van der Waals surface area contributed by atoms with Crippen molar-refractivity contribution in [3.63, 3.8) is 0 Å². The van der Waals surface area contributed by atoms with Gasteiger partial charge < -0.3 is 0 Å². The van der Waals surface area contributed by atoms with Crippen molar-refractivity contribution >= 4 is 22.7 Å². The summed E-state index contributed by atoms with van der Waals surface area (Å²) in [5, 5.41) is -1.07. The van der Waals surface area contributed by atoms with Gasteiger partial charge in [0.1, 0.15) is 11.7 Å². The maximum absolute atomic E-state index is 13.0. The van der Waals surface area contributed by atoms with Crippen LogP contribution in [0.3, 0.4) is 0 Å². The molecule has 0 rings (SSSR count). The van der Waals surface area contributed by atoms with Crippen molar-refractivity contribution in [3.8, 4) is 0 Å². The Hall–Kier alpha value is -0.590. The van der Waals surface area contributed by atoms with Gasteiger partial charge in [-0.05, 0) is 12.7 Å². The van der Waals surface area contributed by atoms with E-state index in [0.717, 1.165) is 6.92 Å². The molecule has 0 aromatic carbocycles. The molecule has 0 spiro atoms. The lowest BCUT2D eigenvalue weighted by atomic mass is 9.97. The summed E-state index contributed by atoms with van der Waals surface area (Å²) >= 11 is 0.521. The summed E-state index contributed by atoms with van der Waals surface area (Å²) in [4.78, 5) is 21.9. The van der Waals surface area contributed by atoms with Crippen LogP contribution in [0.5, 0.6) is 0 Å². The van der Waals surface area contributed by atoms with Crippen molar-refractivity contribution in [2.75, 3.05) is 5.75 Å². The van der Waals surface area contributed by atoms with E-state index in [2.05, 4.69) is 0 Å². The van der Waals surface area contributed by atoms with E-state index < -0.39 is 35.6 Å². The predicted octanol–water partition coefficient (Wildman–Crippen LogP) is 2.76. The monoisotopic (exact) mass is 260 g/mol. The lowest BCUT2D eigenvalue weighted by Gasteiger charge is -2.23. The van der Waals surface area contributed by atoms with Crippen molar-refractivity contribution in [1.29, 1.82) is 0 Å². The Labute approximate surface area is 94.8 Å². The molecule has 0 aliphatic carbocycles. The van der Waals surface area contributed by atoms with Crippen molar-refractivity contribution in [1.82, 2.24) is 0 Å². The van der Waals surface area contributed by atoms with E-state index in [0.29, 0.717) is 11.8 Å². The molecule has 0 saturated heterocycles. The highest BCUT2D eigenvalue weighted by Crippen LogP contribution is 2.36. The molecule has 0 aromatic rings. The van der Waals surface area contributed by atoms with Crippen LogP contribution in [0, 0.1) is 5.92 Å². The molecule has 1 unspecified atom stereocenters. The fourth-order valence-corrected chi connectivity index (χ4v) is 1.79. The molecule has 0 aliphatic heterocycles. The Kier molecular flexibility index (Phi) is 5.99. The van der Waals surface area contributed by atoms with Gasteiger partial charge in [0.2, 0.25) is 0 Å². The third kappa shape index (κ3) is 4.11. The minimum atomic E-state index is -4.45. The van der Waals surface area contributed by atoms with Gasteiger partial charge in [-0.1, -0.05) is 18.7 Å². The first-order valence-corrected chi connectivity index (χ1v) is 5.54. The van der Waals surface area contributed by atoms with Gasteiger partial charge in [-0.15, -0.1) is 0 Å². The zero-order chi connectivity index (χ0) is 12.9. The zero-order valence-corrected chi connectivity index (χ0v) is 9.62. The van der Waals surface area contributed by atoms with Crippen molar-refractivity contribution in [2.24, 2.45) is 5.92 Å². The number of alkyl halides is 4. The van der Waals surface area contributed by atoms with Gasteiger partial charge in [0.25, 0.3) is 0 Å². The molecule has 16 heavy (non-hydrogen) atoms. The number of halogens is 4. The Balaban J connectivity index is 4.92. The SMILES string of the molecule is CCSC(=O)C(CC(C)=O)C(F)(F)C(F)F. The van der Waals surface area contributed by atoms with Gasteiger partial charge in [-0.3, -0.25) is 9.59 Å². The molecule has 0 bridgehead atoms. The van der Waals surface area contributed by atoms with Gasteiger partial charge in [0.15, 0.2) is 5.12 Å². The molecule has 0 aliphatic rings. The molecule has 0 saturated carbocycles. The van der Waals surface area contributed by atoms with E-state index in [1.807, 2.05) is 0 Å². The molecule has 0 N–H and O–H groups in total. The number of carbonyl (C=O) groups is 2. The maximum Gasteiger partial charge on any atom is 0.318 e. The number of thioether (sulfide) groups is 1. The first-order chi connectivity index (χ1) is 7.23. The van der Waals surface area contributed by atoms with E-state index in [1.165, 1.54) is 6.92 Å². The highest BCUT2D eigenvalue weighted by Gasteiger charge is 2.52. The highest BCUT2D eigenvalue weighted by molar-refractivity contribution is 8.13. The van der Waals surface area contributed by atoms with Crippen LogP contribution in [0.15, 0.2) is 0 Å². The number of ketones is 1. The van der Waals surface area contributed by atoms with Crippen LogP contribution in [-0.2, 0) is 9.59 Å². The van der Waals surface area contributed by atoms with Crippen molar-refractivity contribution in [2.45, 2.75) is 32.6 Å². The molecule has 0 heterocycles. The van der Waals surface area contributed by atoms with Crippen molar-refractivity contribution < 1.29 is 27.2 Å². The quantitative estimate of drug-likeness (QED) is 0.689. The normalized spacial score (nSPS) is 13.9. The van der Waals surface area contributed by atoms with E-state index in [9.17, 15) is 27.2 Å². The van der Waals surface area contributed by atoms with Crippen LogP contribution in [0.2, 0.25) is 0 Å². The van der Waals surface area contributed by atoms with Gasteiger partial charge in [-0.25, -0.2) is 8.78 Å². The minimum absolute atomic E-state index is 0.201. The maximum atomic E-state index is 13.0. The predicted molar refractivity (Wildman–Crippen MR) is 52.9 cm³/mol. The molecule has 7 heteroatoms. The van der Waals surface area contributed by atoms with Crippen LogP contribution >= 0.6 is 11.8 Å². The summed E-state index contributed by atoms with van der Waals surface area (Å²) in [6.07, 6.45) is -4.80. The van der Waals surface area contributed by atoms with Crippen LogP contribution in [0.4, 0.5) is 17.6 Å². The molecular formula is C9H12F4O2S. The summed E-state index contributed by atoms with van der Waals surface area (Å²) in [5.41, 5.74) is 0. The van der Waals surface area contributed by atoms with E-state index in [-0.39, 0.29) is 5.75 Å². The molecule has 0 fully saturated rings. The third-order valence-electron chi connectivity index (χ3n) is 1.82. The van der Waals surface area contributed by atoms with Crippen LogP contribution < -0.4 is 0 Å². The lowest BCUT2D eigenvalue weighted by molar-refractivity contribution is -0.172. The number of hydrogen-bond donors (Lipinski definition) is 0. The Morgan fingerprint density at radius 3 is 2.12 bits per heavy atom. The molecule has 2 nitrogen and oxygen atoms in total. The number of hydrogen-bond acceptors (Lipinski definition) is 3. The summed E-state index contributed by atoms with van der Waals surface area (Å²) < 4.78 is 50.2. The second kappa shape index (κ2) is 6.22.